The minimum atomic E-state index is -0.398. The number of morpholine rings is 1. The highest BCUT2D eigenvalue weighted by molar-refractivity contribution is 6.40. The number of ketones is 1. The van der Waals surface area contributed by atoms with Crippen molar-refractivity contribution in [3.05, 3.63) is 30.3 Å². The Bertz CT molecular complexity index is 761. The molecule has 2 saturated heterocycles. The van der Waals surface area contributed by atoms with E-state index in [4.69, 9.17) is 4.74 Å². The largest absolute Gasteiger partial charge is 0.379 e. The zero-order chi connectivity index (χ0) is 20.2. The number of carbonyl (C=O) groups is 2. The van der Waals surface area contributed by atoms with E-state index in [2.05, 4.69) is 10.0 Å². The fourth-order valence-corrected chi connectivity index (χ4v) is 4.50. The first kappa shape index (κ1) is 20.0. The highest BCUT2D eigenvalue weighted by atomic mass is 16.5. The Morgan fingerprint density at radius 3 is 2.62 bits per heavy atom. The molecular formula is C22H30N4O3. The Kier molecular flexibility index (Phi) is 6.25. The molecule has 3 aliphatic heterocycles. The number of para-hydroxylation sites is 1. The molecule has 3 aliphatic rings. The minimum Gasteiger partial charge on any atom is -0.379 e. The highest BCUT2D eigenvalue weighted by Gasteiger charge is 2.37. The van der Waals surface area contributed by atoms with Crippen LogP contribution in [0.3, 0.4) is 0 Å². The van der Waals surface area contributed by atoms with E-state index in [9.17, 15) is 9.59 Å². The summed E-state index contributed by atoms with van der Waals surface area (Å²) in [6, 6.07) is 9.22. The lowest BCUT2D eigenvalue weighted by Gasteiger charge is -2.36. The van der Waals surface area contributed by atoms with Gasteiger partial charge in [0.15, 0.2) is 5.78 Å². The first-order chi connectivity index (χ1) is 14.1. The minimum absolute atomic E-state index is 0.0126. The first-order valence-electron chi connectivity index (χ1n) is 10.6. The SMILES string of the molecule is CC(=O)C1CC(C(=O)N2CCCC(CN3CCOCC3)C2)=NN1c1ccccc1. The molecule has 29 heavy (non-hydrogen) atoms. The summed E-state index contributed by atoms with van der Waals surface area (Å²) < 4.78 is 5.44. The van der Waals surface area contributed by atoms with Gasteiger partial charge in [0.2, 0.25) is 0 Å². The molecule has 0 spiro atoms. The highest BCUT2D eigenvalue weighted by Crippen LogP contribution is 2.27. The molecule has 7 nitrogen and oxygen atoms in total. The van der Waals surface area contributed by atoms with Crippen LogP contribution in [0, 0.1) is 5.92 Å². The number of hydrogen-bond donors (Lipinski definition) is 0. The predicted molar refractivity (Wildman–Crippen MR) is 112 cm³/mol. The molecule has 1 amide bonds. The predicted octanol–water partition coefficient (Wildman–Crippen LogP) is 1.78. The van der Waals surface area contributed by atoms with Gasteiger partial charge in [0.05, 0.1) is 18.9 Å². The normalized spacial score (nSPS) is 25.8. The van der Waals surface area contributed by atoms with Gasteiger partial charge >= 0.3 is 0 Å². The maximum absolute atomic E-state index is 13.2. The van der Waals surface area contributed by atoms with Crippen LogP contribution in [0.5, 0.6) is 0 Å². The Labute approximate surface area is 172 Å². The van der Waals surface area contributed by atoms with Crippen molar-refractivity contribution in [3.8, 4) is 0 Å². The molecule has 0 aliphatic carbocycles. The maximum Gasteiger partial charge on any atom is 0.270 e. The fourth-order valence-electron chi connectivity index (χ4n) is 4.50. The molecule has 0 radical (unpaired) electrons. The maximum atomic E-state index is 13.2. The number of amides is 1. The van der Waals surface area contributed by atoms with Gasteiger partial charge in [0.1, 0.15) is 11.8 Å². The molecule has 156 valence electrons. The number of benzene rings is 1. The van der Waals surface area contributed by atoms with Crippen LogP contribution < -0.4 is 5.01 Å². The molecule has 2 fully saturated rings. The Hall–Kier alpha value is -2.25. The van der Waals surface area contributed by atoms with E-state index in [1.54, 1.807) is 11.9 Å². The van der Waals surface area contributed by atoms with Crippen molar-refractivity contribution in [1.29, 1.82) is 0 Å². The first-order valence-corrected chi connectivity index (χ1v) is 10.6. The van der Waals surface area contributed by atoms with Gasteiger partial charge in [-0.15, -0.1) is 0 Å². The average molecular weight is 399 g/mol. The van der Waals surface area contributed by atoms with Crippen LogP contribution in [0.1, 0.15) is 26.2 Å². The lowest BCUT2D eigenvalue weighted by molar-refractivity contribution is -0.126. The summed E-state index contributed by atoms with van der Waals surface area (Å²) in [4.78, 5) is 29.8. The van der Waals surface area contributed by atoms with Crippen molar-refractivity contribution < 1.29 is 14.3 Å². The summed E-state index contributed by atoms with van der Waals surface area (Å²) in [7, 11) is 0. The average Bonchev–Trinajstić information content (AvgIpc) is 3.21. The molecule has 0 bridgehead atoms. The Morgan fingerprint density at radius 1 is 1.14 bits per heavy atom. The second-order valence-corrected chi connectivity index (χ2v) is 8.23. The van der Waals surface area contributed by atoms with Gasteiger partial charge in [0.25, 0.3) is 5.91 Å². The van der Waals surface area contributed by atoms with Crippen LogP contribution in [0.4, 0.5) is 5.69 Å². The van der Waals surface area contributed by atoms with E-state index in [1.807, 2.05) is 35.2 Å². The lowest BCUT2D eigenvalue weighted by atomic mass is 9.96. The van der Waals surface area contributed by atoms with E-state index in [1.165, 1.54) is 0 Å². The number of anilines is 1. The van der Waals surface area contributed by atoms with Crippen LogP contribution in [0.15, 0.2) is 35.4 Å². The number of hydrogen-bond acceptors (Lipinski definition) is 6. The molecule has 0 N–H and O–H groups in total. The van der Waals surface area contributed by atoms with Gasteiger partial charge in [-0.3, -0.25) is 19.5 Å². The van der Waals surface area contributed by atoms with Gasteiger partial charge in [-0.1, -0.05) is 18.2 Å². The molecule has 2 unspecified atom stereocenters. The third-order valence-corrected chi connectivity index (χ3v) is 6.07. The molecule has 2 atom stereocenters. The molecule has 1 aromatic carbocycles. The molecule has 3 heterocycles. The fraction of sp³-hybridized carbons (Fsp3) is 0.591. The lowest BCUT2D eigenvalue weighted by Crippen LogP contribution is -2.47. The number of carbonyl (C=O) groups excluding carboxylic acids is 2. The topological polar surface area (TPSA) is 65.5 Å². The molecular weight excluding hydrogens is 368 g/mol. The van der Waals surface area contributed by atoms with Gasteiger partial charge in [-0.05, 0) is 37.8 Å². The number of piperidine rings is 1. The summed E-state index contributed by atoms with van der Waals surface area (Å²) >= 11 is 0. The van der Waals surface area contributed by atoms with Gasteiger partial charge in [-0.25, -0.2) is 0 Å². The Balaban J connectivity index is 1.43. The van der Waals surface area contributed by atoms with E-state index >= 15 is 0 Å². The van der Waals surface area contributed by atoms with Crippen molar-refractivity contribution in [1.82, 2.24) is 9.80 Å². The molecule has 0 aromatic heterocycles. The summed E-state index contributed by atoms with van der Waals surface area (Å²) in [5, 5.41) is 6.30. The molecule has 7 heteroatoms. The molecule has 0 saturated carbocycles. The van der Waals surface area contributed by atoms with Crippen LogP contribution in [-0.2, 0) is 14.3 Å². The second-order valence-electron chi connectivity index (χ2n) is 8.23. The van der Waals surface area contributed by atoms with Crippen LogP contribution in [-0.4, -0.2) is 79.2 Å². The standard InChI is InChI=1S/C22H30N4O3/c1-17(27)21-14-20(23-26(21)19-7-3-2-4-8-19)22(28)25-9-5-6-18(16-25)15-24-10-12-29-13-11-24/h2-4,7-8,18,21H,5-6,9-16H2,1H3. The van der Waals surface area contributed by atoms with Gasteiger partial charge in [0, 0.05) is 39.1 Å². The van der Waals surface area contributed by atoms with Crippen LogP contribution in [0.25, 0.3) is 0 Å². The van der Waals surface area contributed by atoms with E-state index in [-0.39, 0.29) is 11.7 Å². The third-order valence-electron chi connectivity index (χ3n) is 6.07. The van der Waals surface area contributed by atoms with E-state index in [0.717, 1.165) is 64.5 Å². The molecule has 4 rings (SSSR count). The number of hydrazone groups is 1. The zero-order valence-electron chi connectivity index (χ0n) is 17.1. The van der Waals surface area contributed by atoms with Crippen molar-refractivity contribution in [2.45, 2.75) is 32.2 Å². The van der Waals surface area contributed by atoms with Gasteiger partial charge in [-0.2, -0.15) is 5.10 Å². The van der Waals surface area contributed by atoms with E-state index < -0.39 is 6.04 Å². The summed E-state index contributed by atoms with van der Waals surface area (Å²) in [6.07, 6.45) is 2.56. The number of rotatable bonds is 5. The van der Waals surface area contributed by atoms with Gasteiger partial charge < -0.3 is 9.64 Å². The van der Waals surface area contributed by atoms with E-state index in [0.29, 0.717) is 18.1 Å². The summed E-state index contributed by atoms with van der Waals surface area (Å²) in [5.74, 6) is 0.507. The number of nitrogens with zero attached hydrogens (tertiary/aromatic N) is 4. The summed E-state index contributed by atoms with van der Waals surface area (Å²) in [6.45, 7) is 7.68. The zero-order valence-corrected chi connectivity index (χ0v) is 17.1. The third kappa shape index (κ3) is 4.67. The number of Topliss-reactive ketones (excluding diaryl/α,β-unsaturated/α-hetero) is 1. The van der Waals surface area contributed by atoms with Crippen molar-refractivity contribution >= 4 is 23.1 Å². The van der Waals surface area contributed by atoms with Crippen LogP contribution >= 0.6 is 0 Å². The van der Waals surface area contributed by atoms with Crippen molar-refractivity contribution in [3.63, 3.8) is 0 Å². The molecule has 1 aromatic rings. The van der Waals surface area contributed by atoms with Crippen LogP contribution in [0.2, 0.25) is 0 Å². The van der Waals surface area contributed by atoms with Crippen molar-refractivity contribution in [2.75, 3.05) is 50.9 Å². The smallest absolute Gasteiger partial charge is 0.270 e. The Morgan fingerprint density at radius 2 is 1.90 bits per heavy atom. The van der Waals surface area contributed by atoms with Crippen molar-refractivity contribution in [2.24, 2.45) is 11.0 Å². The number of likely N-dealkylation sites (tertiary alicyclic amines) is 1. The quantitative estimate of drug-likeness (QED) is 0.757. The monoisotopic (exact) mass is 398 g/mol. The second kappa shape index (κ2) is 9.05. The number of ether oxygens (including phenoxy) is 1. The summed E-state index contributed by atoms with van der Waals surface area (Å²) in [5.41, 5.74) is 1.35.